The van der Waals surface area contributed by atoms with E-state index in [4.69, 9.17) is 9.47 Å². The molecule has 1 heterocycles. The Hall–Kier alpha value is -2.82. The molecule has 0 saturated carbocycles. The summed E-state index contributed by atoms with van der Waals surface area (Å²) in [4.78, 5) is 26.8. The van der Waals surface area contributed by atoms with E-state index in [9.17, 15) is 9.59 Å². The summed E-state index contributed by atoms with van der Waals surface area (Å²) in [7, 11) is 1.57. The van der Waals surface area contributed by atoms with Crippen LogP contribution in [0.4, 0.5) is 5.69 Å². The van der Waals surface area contributed by atoms with Crippen molar-refractivity contribution in [3.05, 3.63) is 59.2 Å². The van der Waals surface area contributed by atoms with Gasteiger partial charge in [0.25, 0.3) is 5.91 Å². The van der Waals surface area contributed by atoms with Crippen molar-refractivity contribution in [1.29, 1.82) is 0 Å². The summed E-state index contributed by atoms with van der Waals surface area (Å²) < 4.78 is 10.8. The van der Waals surface area contributed by atoms with E-state index in [0.29, 0.717) is 17.9 Å². The molecule has 27 heavy (non-hydrogen) atoms. The fraction of sp³-hybridized carbons (Fsp3) is 0.364. The number of hydrogen-bond donors (Lipinski definition) is 0. The Labute approximate surface area is 159 Å². The van der Waals surface area contributed by atoms with Crippen LogP contribution >= 0.6 is 0 Å². The zero-order valence-corrected chi connectivity index (χ0v) is 16.4. The van der Waals surface area contributed by atoms with Crippen LogP contribution < -0.4 is 9.64 Å². The third-order valence-electron chi connectivity index (χ3n) is 4.59. The van der Waals surface area contributed by atoms with Gasteiger partial charge < -0.3 is 14.4 Å². The second-order valence-corrected chi connectivity index (χ2v) is 7.73. The van der Waals surface area contributed by atoms with Crippen LogP contribution in [0.2, 0.25) is 0 Å². The Morgan fingerprint density at radius 1 is 1.11 bits per heavy atom. The van der Waals surface area contributed by atoms with Crippen molar-refractivity contribution in [3.8, 4) is 5.75 Å². The number of fused-ring (bicyclic) bond motifs is 1. The van der Waals surface area contributed by atoms with Gasteiger partial charge in [-0.1, -0.05) is 24.3 Å². The van der Waals surface area contributed by atoms with E-state index >= 15 is 0 Å². The van der Waals surface area contributed by atoms with E-state index in [1.807, 2.05) is 64.1 Å². The molecule has 2 aromatic rings. The second-order valence-electron chi connectivity index (χ2n) is 7.73. The number of methoxy groups -OCH3 is 1. The average Bonchev–Trinajstić information content (AvgIpc) is 2.97. The number of anilines is 1. The van der Waals surface area contributed by atoms with Gasteiger partial charge in [-0.25, -0.2) is 0 Å². The number of carbonyl (C=O) groups is 2. The van der Waals surface area contributed by atoms with E-state index < -0.39 is 5.60 Å². The molecule has 1 aliphatic heterocycles. The number of benzene rings is 2. The molecule has 0 N–H and O–H groups in total. The van der Waals surface area contributed by atoms with Gasteiger partial charge in [-0.2, -0.15) is 0 Å². The van der Waals surface area contributed by atoms with Crippen molar-refractivity contribution < 1.29 is 19.1 Å². The minimum atomic E-state index is -0.516. The summed E-state index contributed by atoms with van der Waals surface area (Å²) in [5, 5.41) is 0. The van der Waals surface area contributed by atoms with Crippen molar-refractivity contribution in [2.24, 2.45) is 0 Å². The lowest BCUT2D eigenvalue weighted by atomic mass is 10.0. The third kappa shape index (κ3) is 3.82. The van der Waals surface area contributed by atoms with E-state index in [1.165, 1.54) is 0 Å². The Morgan fingerprint density at radius 2 is 1.78 bits per heavy atom. The fourth-order valence-electron chi connectivity index (χ4n) is 3.18. The summed E-state index contributed by atoms with van der Waals surface area (Å²) in [5.41, 5.74) is 2.70. The predicted molar refractivity (Wildman–Crippen MR) is 104 cm³/mol. The maximum Gasteiger partial charge on any atom is 0.313 e. The summed E-state index contributed by atoms with van der Waals surface area (Å²) in [5.74, 6) is -0.111. The van der Waals surface area contributed by atoms with E-state index in [2.05, 4.69) is 0 Å². The maximum atomic E-state index is 12.8. The van der Waals surface area contributed by atoms with Crippen LogP contribution in [-0.2, 0) is 16.1 Å². The highest BCUT2D eigenvalue weighted by Gasteiger charge is 2.31. The van der Waals surface area contributed by atoms with Crippen LogP contribution in [0.15, 0.2) is 42.5 Å². The number of rotatable bonds is 4. The van der Waals surface area contributed by atoms with Gasteiger partial charge in [0.05, 0.1) is 25.1 Å². The van der Waals surface area contributed by atoms with Crippen molar-refractivity contribution >= 4 is 17.6 Å². The largest absolute Gasteiger partial charge is 0.496 e. The molecule has 0 aliphatic carbocycles. The molecule has 0 fully saturated rings. The van der Waals surface area contributed by atoms with Crippen molar-refractivity contribution in [2.75, 3.05) is 12.0 Å². The number of nitrogens with zero attached hydrogens (tertiary/aromatic N) is 1. The van der Waals surface area contributed by atoms with E-state index in [0.717, 1.165) is 16.8 Å². The van der Waals surface area contributed by atoms with Gasteiger partial charge in [0.1, 0.15) is 11.4 Å². The molecule has 1 unspecified atom stereocenters. The standard InChI is InChI=1S/C22H25NO4/c1-14(21(25)27-22(2,3)4)15-9-11-17(12-10-15)23-13-16-7-6-8-18(26-5)19(16)20(23)24/h6-12,14H,13H2,1-5H3. The van der Waals surface area contributed by atoms with Crippen molar-refractivity contribution in [1.82, 2.24) is 0 Å². The van der Waals surface area contributed by atoms with Crippen LogP contribution in [0.3, 0.4) is 0 Å². The number of esters is 1. The predicted octanol–water partition coefficient (Wildman–Crippen LogP) is 4.30. The summed E-state index contributed by atoms with van der Waals surface area (Å²) in [6.45, 7) is 7.89. The van der Waals surface area contributed by atoms with E-state index in [-0.39, 0.29) is 17.8 Å². The molecule has 1 aliphatic rings. The second kappa shape index (κ2) is 7.06. The molecular weight excluding hydrogens is 342 g/mol. The molecule has 2 aromatic carbocycles. The topological polar surface area (TPSA) is 55.8 Å². The minimum Gasteiger partial charge on any atom is -0.496 e. The number of carbonyl (C=O) groups excluding carboxylic acids is 2. The van der Waals surface area contributed by atoms with Gasteiger partial charge in [-0.15, -0.1) is 0 Å². The maximum absolute atomic E-state index is 12.8. The van der Waals surface area contributed by atoms with E-state index in [1.54, 1.807) is 18.1 Å². The van der Waals surface area contributed by atoms with Gasteiger partial charge >= 0.3 is 5.97 Å². The average molecular weight is 367 g/mol. The van der Waals surface area contributed by atoms with Gasteiger partial charge in [0.2, 0.25) is 0 Å². The zero-order chi connectivity index (χ0) is 19.8. The monoisotopic (exact) mass is 367 g/mol. The highest BCUT2D eigenvalue weighted by Crippen LogP contribution is 2.34. The van der Waals surface area contributed by atoms with Crippen LogP contribution in [-0.4, -0.2) is 24.6 Å². The van der Waals surface area contributed by atoms with Gasteiger partial charge in [0, 0.05) is 5.69 Å². The first kappa shape index (κ1) is 19.0. The van der Waals surface area contributed by atoms with Gasteiger partial charge in [0.15, 0.2) is 0 Å². The molecular formula is C22H25NO4. The third-order valence-corrected chi connectivity index (χ3v) is 4.59. The molecule has 5 heteroatoms. The minimum absolute atomic E-state index is 0.0737. The molecule has 5 nitrogen and oxygen atoms in total. The van der Waals surface area contributed by atoms with Gasteiger partial charge in [-0.05, 0) is 57.0 Å². The number of ether oxygens (including phenoxy) is 2. The van der Waals surface area contributed by atoms with Crippen molar-refractivity contribution in [2.45, 2.75) is 45.8 Å². The molecule has 142 valence electrons. The summed E-state index contributed by atoms with van der Waals surface area (Å²) in [6, 6.07) is 13.1. The van der Waals surface area contributed by atoms with Crippen LogP contribution in [0.25, 0.3) is 0 Å². The molecule has 1 atom stereocenters. The Kier molecular flexibility index (Phi) is 4.96. The first-order chi connectivity index (χ1) is 12.7. The lowest BCUT2D eigenvalue weighted by molar-refractivity contribution is -0.156. The van der Waals surface area contributed by atoms with Crippen LogP contribution in [0.1, 0.15) is 55.1 Å². The Bertz CT molecular complexity index is 865. The quantitative estimate of drug-likeness (QED) is 0.756. The first-order valence-corrected chi connectivity index (χ1v) is 9.02. The smallest absolute Gasteiger partial charge is 0.313 e. The molecule has 0 aromatic heterocycles. The molecule has 3 rings (SSSR count). The molecule has 1 amide bonds. The van der Waals surface area contributed by atoms with Gasteiger partial charge in [-0.3, -0.25) is 9.59 Å². The SMILES string of the molecule is COc1cccc2c1C(=O)N(c1ccc(C(C)C(=O)OC(C)(C)C)cc1)C2. The lowest BCUT2D eigenvalue weighted by Gasteiger charge is -2.23. The molecule has 0 radical (unpaired) electrons. The Balaban J connectivity index is 1.79. The Morgan fingerprint density at radius 3 is 2.37 bits per heavy atom. The highest BCUT2D eigenvalue weighted by atomic mass is 16.6. The lowest BCUT2D eigenvalue weighted by Crippen LogP contribution is -2.27. The summed E-state index contributed by atoms with van der Waals surface area (Å²) >= 11 is 0. The zero-order valence-electron chi connectivity index (χ0n) is 16.4. The molecule has 0 spiro atoms. The fourth-order valence-corrected chi connectivity index (χ4v) is 3.18. The molecule has 0 saturated heterocycles. The highest BCUT2D eigenvalue weighted by molar-refractivity contribution is 6.11. The first-order valence-electron chi connectivity index (χ1n) is 9.02. The van der Waals surface area contributed by atoms with Crippen LogP contribution in [0, 0.1) is 0 Å². The van der Waals surface area contributed by atoms with Crippen LogP contribution in [0.5, 0.6) is 5.75 Å². The number of hydrogen-bond acceptors (Lipinski definition) is 4. The van der Waals surface area contributed by atoms with Crippen molar-refractivity contribution in [3.63, 3.8) is 0 Å². The normalized spacial score (nSPS) is 14.7. The summed E-state index contributed by atoms with van der Waals surface area (Å²) in [6.07, 6.45) is 0. The molecule has 0 bridgehead atoms. The number of amides is 1.